The molecular weight excluding hydrogens is 318 g/mol. The Kier molecular flexibility index (Phi) is 5.28. The van der Waals surface area contributed by atoms with Gasteiger partial charge in [-0.15, -0.1) is 0 Å². The zero-order valence-corrected chi connectivity index (χ0v) is 13.1. The van der Waals surface area contributed by atoms with Gasteiger partial charge in [0.15, 0.2) is 5.84 Å². The summed E-state index contributed by atoms with van der Waals surface area (Å²) in [6.45, 7) is 2.15. The SMILES string of the molecule is N#C/C(=N\Nc1ccc(S(=O)(=O)N2CCNCC2)cc1)C(=N)N. The van der Waals surface area contributed by atoms with Gasteiger partial charge in [0.2, 0.25) is 15.7 Å². The maximum atomic E-state index is 12.5. The van der Waals surface area contributed by atoms with Gasteiger partial charge in [0.1, 0.15) is 6.07 Å². The number of amidine groups is 1. The molecule has 0 radical (unpaired) electrons. The Hall–Kier alpha value is -2.48. The summed E-state index contributed by atoms with van der Waals surface area (Å²) in [5, 5.41) is 22.7. The summed E-state index contributed by atoms with van der Waals surface area (Å²) in [5.74, 6) is -0.446. The van der Waals surface area contributed by atoms with Crippen LogP contribution in [0, 0.1) is 16.7 Å². The maximum absolute atomic E-state index is 12.5. The van der Waals surface area contributed by atoms with Gasteiger partial charge in [-0.25, -0.2) is 8.42 Å². The van der Waals surface area contributed by atoms with E-state index in [2.05, 4.69) is 15.8 Å². The Labute approximate surface area is 134 Å². The molecule has 1 heterocycles. The molecule has 0 amide bonds. The molecule has 1 aliphatic heterocycles. The third-order valence-electron chi connectivity index (χ3n) is 3.23. The number of rotatable bonds is 5. The molecule has 0 aliphatic carbocycles. The van der Waals surface area contributed by atoms with Crippen LogP contribution < -0.4 is 16.5 Å². The zero-order valence-electron chi connectivity index (χ0n) is 12.3. The van der Waals surface area contributed by atoms with E-state index in [1.54, 1.807) is 6.07 Å². The minimum Gasteiger partial charge on any atom is -0.382 e. The van der Waals surface area contributed by atoms with Crippen LogP contribution in [-0.2, 0) is 10.0 Å². The van der Waals surface area contributed by atoms with Gasteiger partial charge in [0.25, 0.3) is 0 Å². The van der Waals surface area contributed by atoms with E-state index in [0.29, 0.717) is 31.9 Å². The first-order valence-corrected chi connectivity index (χ1v) is 8.28. The van der Waals surface area contributed by atoms with E-state index >= 15 is 0 Å². The molecule has 0 unspecified atom stereocenters. The Balaban J connectivity index is 2.13. The molecule has 10 heteroatoms. The van der Waals surface area contributed by atoms with Gasteiger partial charge in [-0.2, -0.15) is 14.7 Å². The molecular formula is C13H17N7O2S. The Bertz CT molecular complexity index is 744. The van der Waals surface area contributed by atoms with E-state index in [9.17, 15) is 8.42 Å². The van der Waals surface area contributed by atoms with Crippen molar-refractivity contribution in [2.24, 2.45) is 10.8 Å². The van der Waals surface area contributed by atoms with Crippen molar-refractivity contribution < 1.29 is 8.42 Å². The van der Waals surface area contributed by atoms with E-state index in [4.69, 9.17) is 16.4 Å². The van der Waals surface area contributed by atoms with Crippen molar-refractivity contribution in [2.45, 2.75) is 4.90 Å². The second-order valence-corrected chi connectivity index (χ2v) is 6.71. The molecule has 1 aromatic carbocycles. The smallest absolute Gasteiger partial charge is 0.243 e. The quantitative estimate of drug-likeness (QED) is 0.324. The number of hydrazone groups is 1. The van der Waals surface area contributed by atoms with Crippen LogP contribution in [0.3, 0.4) is 0 Å². The number of piperazine rings is 1. The highest BCUT2D eigenvalue weighted by atomic mass is 32.2. The van der Waals surface area contributed by atoms with Crippen molar-refractivity contribution >= 4 is 27.3 Å². The minimum atomic E-state index is -3.50. The number of nitrogens with one attached hydrogen (secondary N) is 3. The highest BCUT2D eigenvalue weighted by Gasteiger charge is 2.25. The number of anilines is 1. The third kappa shape index (κ3) is 4.04. The lowest BCUT2D eigenvalue weighted by Crippen LogP contribution is -2.46. The van der Waals surface area contributed by atoms with Gasteiger partial charge >= 0.3 is 0 Å². The van der Waals surface area contributed by atoms with E-state index < -0.39 is 15.9 Å². The molecule has 2 rings (SSSR count). The first kappa shape index (κ1) is 16.9. The second-order valence-electron chi connectivity index (χ2n) is 4.78. The highest BCUT2D eigenvalue weighted by molar-refractivity contribution is 7.89. The van der Waals surface area contributed by atoms with Crippen molar-refractivity contribution in [3.8, 4) is 6.07 Å². The second kappa shape index (κ2) is 7.19. The van der Waals surface area contributed by atoms with Crippen LogP contribution in [0.1, 0.15) is 0 Å². The van der Waals surface area contributed by atoms with Crippen LogP contribution in [0.25, 0.3) is 0 Å². The average Bonchev–Trinajstić information content (AvgIpc) is 2.56. The van der Waals surface area contributed by atoms with Crippen LogP contribution in [0.2, 0.25) is 0 Å². The first-order valence-electron chi connectivity index (χ1n) is 6.84. The largest absolute Gasteiger partial charge is 0.382 e. The van der Waals surface area contributed by atoms with E-state index in [1.807, 2.05) is 0 Å². The summed E-state index contributed by atoms with van der Waals surface area (Å²) in [4.78, 5) is 0.195. The van der Waals surface area contributed by atoms with E-state index in [1.165, 1.54) is 28.6 Å². The van der Waals surface area contributed by atoms with Crippen molar-refractivity contribution in [2.75, 3.05) is 31.6 Å². The fourth-order valence-electron chi connectivity index (χ4n) is 2.00. The van der Waals surface area contributed by atoms with Crippen molar-refractivity contribution in [3.63, 3.8) is 0 Å². The molecule has 5 N–H and O–H groups in total. The number of nitrogens with zero attached hydrogens (tertiary/aromatic N) is 3. The molecule has 0 aromatic heterocycles. The molecule has 0 spiro atoms. The molecule has 0 atom stereocenters. The summed E-state index contributed by atoms with van der Waals surface area (Å²) in [6, 6.07) is 7.69. The van der Waals surface area contributed by atoms with Gasteiger partial charge in [-0.05, 0) is 24.3 Å². The van der Waals surface area contributed by atoms with Gasteiger partial charge < -0.3 is 11.1 Å². The molecule has 1 aromatic rings. The van der Waals surface area contributed by atoms with Crippen LogP contribution in [0.4, 0.5) is 5.69 Å². The normalized spacial score (nSPS) is 16.6. The molecule has 9 nitrogen and oxygen atoms in total. The Morgan fingerprint density at radius 3 is 2.48 bits per heavy atom. The predicted molar refractivity (Wildman–Crippen MR) is 86.7 cm³/mol. The Morgan fingerprint density at radius 2 is 1.96 bits per heavy atom. The Morgan fingerprint density at radius 1 is 1.35 bits per heavy atom. The minimum absolute atomic E-state index is 0.195. The highest BCUT2D eigenvalue weighted by Crippen LogP contribution is 2.18. The first-order chi connectivity index (χ1) is 10.9. The fourth-order valence-corrected chi connectivity index (χ4v) is 3.44. The molecule has 0 bridgehead atoms. The van der Waals surface area contributed by atoms with E-state index in [0.717, 1.165) is 0 Å². The average molecular weight is 335 g/mol. The lowest BCUT2D eigenvalue weighted by atomic mass is 10.3. The number of benzene rings is 1. The van der Waals surface area contributed by atoms with Crippen molar-refractivity contribution in [3.05, 3.63) is 24.3 Å². The molecule has 1 saturated heterocycles. The van der Waals surface area contributed by atoms with Gasteiger partial charge in [0, 0.05) is 26.2 Å². The summed E-state index contributed by atoms with van der Waals surface area (Å²) >= 11 is 0. The zero-order chi connectivity index (χ0) is 16.9. The van der Waals surface area contributed by atoms with Gasteiger partial charge in [-0.3, -0.25) is 10.8 Å². The van der Waals surface area contributed by atoms with Crippen LogP contribution in [0.5, 0.6) is 0 Å². The monoisotopic (exact) mass is 335 g/mol. The number of hydrogen-bond acceptors (Lipinski definition) is 7. The number of sulfonamides is 1. The van der Waals surface area contributed by atoms with Crippen molar-refractivity contribution in [1.29, 1.82) is 10.7 Å². The summed E-state index contributed by atoms with van der Waals surface area (Å²) < 4.78 is 26.4. The summed E-state index contributed by atoms with van der Waals surface area (Å²) in [7, 11) is -3.50. The number of nitrogens with two attached hydrogens (primary N) is 1. The molecule has 0 saturated carbocycles. The lowest BCUT2D eigenvalue weighted by Gasteiger charge is -2.26. The van der Waals surface area contributed by atoms with Gasteiger partial charge in [0.05, 0.1) is 10.6 Å². The maximum Gasteiger partial charge on any atom is 0.243 e. The van der Waals surface area contributed by atoms with Crippen molar-refractivity contribution in [1.82, 2.24) is 9.62 Å². The topological polar surface area (TPSA) is 147 Å². The summed E-state index contributed by atoms with van der Waals surface area (Å²) in [5.41, 5.74) is 7.97. The number of hydrogen-bond donors (Lipinski definition) is 4. The fraction of sp³-hybridized carbons (Fsp3) is 0.308. The predicted octanol–water partition coefficient (Wildman–Crippen LogP) is -0.492. The van der Waals surface area contributed by atoms with Gasteiger partial charge in [-0.1, -0.05) is 0 Å². The number of nitriles is 1. The molecule has 1 fully saturated rings. The lowest BCUT2D eigenvalue weighted by molar-refractivity contribution is 0.360. The standard InChI is InChI=1S/C13H17N7O2S/c14-9-12(13(15)16)19-18-10-1-3-11(4-2-10)23(21,22)20-7-5-17-6-8-20/h1-4,17-18H,5-8H2,(H3,15,16)/b19-12+. The van der Waals surface area contributed by atoms with Crippen LogP contribution in [-0.4, -0.2) is 50.4 Å². The van der Waals surface area contributed by atoms with E-state index in [-0.39, 0.29) is 10.6 Å². The molecule has 122 valence electrons. The summed E-state index contributed by atoms with van der Waals surface area (Å²) in [6.07, 6.45) is 0. The van der Waals surface area contributed by atoms with Crippen LogP contribution in [0.15, 0.2) is 34.3 Å². The third-order valence-corrected chi connectivity index (χ3v) is 5.14. The van der Waals surface area contributed by atoms with Crippen LogP contribution >= 0.6 is 0 Å². The molecule has 1 aliphatic rings. The molecule has 23 heavy (non-hydrogen) atoms.